The van der Waals surface area contributed by atoms with E-state index in [4.69, 9.17) is 0 Å². The van der Waals surface area contributed by atoms with E-state index in [9.17, 15) is 13.6 Å². The van der Waals surface area contributed by atoms with Crippen molar-refractivity contribution in [3.63, 3.8) is 0 Å². The van der Waals surface area contributed by atoms with Crippen LogP contribution < -0.4 is 5.32 Å². The highest BCUT2D eigenvalue weighted by atomic mass is 35.5. The van der Waals surface area contributed by atoms with Gasteiger partial charge < -0.3 is 9.80 Å². The van der Waals surface area contributed by atoms with E-state index in [-0.39, 0.29) is 43.7 Å². The number of carbonyl (C=O) groups excluding carboxylic acids is 1. The van der Waals surface area contributed by atoms with Gasteiger partial charge in [0.05, 0.1) is 12.6 Å². The molecule has 1 amide bonds. The van der Waals surface area contributed by atoms with Crippen LogP contribution >= 0.6 is 24.8 Å². The van der Waals surface area contributed by atoms with E-state index < -0.39 is 12.0 Å². The van der Waals surface area contributed by atoms with Gasteiger partial charge in [0, 0.05) is 26.1 Å². The summed E-state index contributed by atoms with van der Waals surface area (Å²) in [7, 11) is 4.09. The molecule has 2 aliphatic rings. The molecule has 0 aromatic rings. The highest BCUT2D eigenvalue weighted by Gasteiger charge is 2.43. The minimum atomic E-state index is -2.73. The molecule has 0 aromatic heterocycles. The molecule has 4 nitrogen and oxygen atoms in total. The van der Waals surface area contributed by atoms with Gasteiger partial charge in [-0.25, -0.2) is 8.78 Å². The van der Waals surface area contributed by atoms with Gasteiger partial charge in [-0.05, 0) is 32.9 Å². The third-order valence-electron chi connectivity index (χ3n) is 3.96. The third-order valence-corrected chi connectivity index (χ3v) is 3.96. The lowest BCUT2D eigenvalue weighted by Gasteiger charge is -2.34. The fourth-order valence-corrected chi connectivity index (χ4v) is 2.96. The van der Waals surface area contributed by atoms with E-state index in [2.05, 4.69) is 10.2 Å². The van der Waals surface area contributed by atoms with Gasteiger partial charge in [-0.2, -0.15) is 0 Å². The van der Waals surface area contributed by atoms with Crippen molar-refractivity contribution in [1.82, 2.24) is 15.1 Å². The number of hydrogen-bond acceptors (Lipinski definition) is 3. The van der Waals surface area contributed by atoms with Crippen molar-refractivity contribution in [2.24, 2.45) is 5.92 Å². The van der Waals surface area contributed by atoms with Gasteiger partial charge in [0.2, 0.25) is 5.91 Å². The lowest BCUT2D eigenvalue weighted by Crippen LogP contribution is -2.47. The van der Waals surface area contributed by atoms with Crippen LogP contribution in [0.25, 0.3) is 0 Å². The van der Waals surface area contributed by atoms with E-state index in [1.807, 2.05) is 14.1 Å². The predicted molar refractivity (Wildman–Crippen MR) is 83.7 cm³/mol. The van der Waals surface area contributed by atoms with Gasteiger partial charge >= 0.3 is 0 Å². The molecule has 0 bridgehead atoms. The largest absolute Gasteiger partial charge is 0.341 e. The lowest BCUT2D eigenvalue weighted by molar-refractivity contribution is -0.135. The Hall–Kier alpha value is -0.170. The number of piperidine rings is 1. The molecule has 0 radical (unpaired) electrons. The van der Waals surface area contributed by atoms with Crippen LogP contribution in [0.4, 0.5) is 8.78 Å². The summed E-state index contributed by atoms with van der Waals surface area (Å²) in [5, 5.41) is 2.64. The van der Waals surface area contributed by atoms with E-state index in [1.54, 1.807) is 4.90 Å². The fraction of sp³-hybridized carbons (Fsp3) is 0.923. The summed E-state index contributed by atoms with van der Waals surface area (Å²) in [5.74, 6) is -2.28. The Bertz CT molecular complexity index is 337. The van der Waals surface area contributed by atoms with Crippen LogP contribution in [-0.4, -0.2) is 67.9 Å². The number of amides is 1. The second kappa shape index (κ2) is 8.46. The first kappa shape index (κ1) is 20.8. The van der Waals surface area contributed by atoms with Crippen molar-refractivity contribution >= 4 is 30.7 Å². The molecule has 126 valence electrons. The normalized spacial score (nSPS) is 25.4. The summed E-state index contributed by atoms with van der Waals surface area (Å²) in [6.45, 7) is 2.05. The molecule has 0 saturated carbocycles. The molecule has 0 aromatic carbocycles. The van der Waals surface area contributed by atoms with Crippen molar-refractivity contribution in [2.75, 3.05) is 40.3 Å². The molecule has 2 aliphatic heterocycles. The molecule has 0 spiro atoms. The summed E-state index contributed by atoms with van der Waals surface area (Å²) >= 11 is 0. The molecule has 1 atom stereocenters. The van der Waals surface area contributed by atoms with Gasteiger partial charge in [-0.3, -0.25) is 10.1 Å². The zero-order chi connectivity index (χ0) is 14.0. The number of hydrogen-bond donors (Lipinski definition) is 1. The maximum Gasteiger partial charge on any atom is 0.262 e. The number of likely N-dealkylation sites (tertiary alicyclic amines) is 1. The van der Waals surface area contributed by atoms with Crippen molar-refractivity contribution in [1.29, 1.82) is 0 Å². The number of rotatable bonds is 3. The molecule has 1 unspecified atom stereocenters. The van der Waals surface area contributed by atoms with E-state index >= 15 is 0 Å². The van der Waals surface area contributed by atoms with Crippen LogP contribution in [0.5, 0.6) is 0 Å². The molecular formula is C13H25Cl2F2N3O. The summed E-state index contributed by atoms with van der Waals surface area (Å²) < 4.78 is 26.2. The van der Waals surface area contributed by atoms with Crippen LogP contribution in [0.2, 0.25) is 0 Å². The SMILES string of the molecule is CN(C)CC1CCN(C(=O)C2CC(F)(F)CN2)CC1.Cl.Cl. The minimum absolute atomic E-state index is 0. The Morgan fingerprint density at radius 2 is 1.86 bits per heavy atom. The molecule has 2 fully saturated rings. The number of halogens is 4. The van der Waals surface area contributed by atoms with Gasteiger partial charge in [0.1, 0.15) is 0 Å². The zero-order valence-corrected chi connectivity index (χ0v) is 14.1. The van der Waals surface area contributed by atoms with E-state index in [0.29, 0.717) is 19.0 Å². The smallest absolute Gasteiger partial charge is 0.262 e. The second-order valence-corrected chi connectivity index (χ2v) is 6.02. The highest BCUT2D eigenvalue weighted by Crippen LogP contribution is 2.27. The number of nitrogens with one attached hydrogen (secondary N) is 1. The molecule has 21 heavy (non-hydrogen) atoms. The van der Waals surface area contributed by atoms with Crippen molar-refractivity contribution < 1.29 is 13.6 Å². The summed E-state index contributed by atoms with van der Waals surface area (Å²) in [6.07, 6.45) is 1.57. The van der Waals surface area contributed by atoms with Crippen LogP contribution in [0.1, 0.15) is 19.3 Å². The van der Waals surface area contributed by atoms with Gasteiger partial charge in [-0.15, -0.1) is 24.8 Å². The first-order valence-electron chi connectivity index (χ1n) is 6.92. The summed E-state index contributed by atoms with van der Waals surface area (Å²) in [4.78, 5) is 16.0. The maximum atomic E-state index is 13.1. The Balaban J connectivity index is 0.00000200. The fourth-order valence-electron chi connectivity index (χ4n) is 2.96. The Morgan fingerprint density at radius 1 is 1.29 bits per heavy atom. The van der Waals surface area contributed by atoms with Crippen molar-refractivity contribution in [2.45, 2.75) is 31.2 Å². The van der Waals surface area contributed by atoms with Gasteiger partial charge in [0.25, 0.3) is 5.92 Å². The van der Waals surface area contributed by atoms with Crippen molar-refractivity contribution in [3.05, 3.63) is 0 Å². The van der Waals surface area contributed by atoms with Crippen molar-refractivity contribution in [3.8, 4) is 0 Å². The van der Waals surface area contributed by atoms with Crippen LogP contribution in [0, 0.1) is 5.92 Å². The van der Waals surface area contributed by atoms with Crippen LogP contribution in [0.3, 0.4) is 0 Å². The minimum Gasteiger partial charge on any atom is -0.341 e. The molecule has 1 N–H and O–H groups in total. The first-order chi connectivity index (χ1) is 8.87. The average Bonchev–Trinajstić information content (AvgIpc) is 2.69. The van der Waals surface area contributed by atoms with E-state index in [0.717, 1.165) is 19.4 Å². The number of alkyl halides is 2. The number of nitrogens with zero attached hydrogens (tertiary/aromatic N) is 2. The van der Waals surface area contributed by atoms with E-state index in [1.165, 1.54) is 0 Å². The third kappa shape index (κ3) is 5.85. The Kier molecular flexibility index (Phi) is 8.39. The standard InChI is InChI=1S/C13H23F2N3O.2ClH/c1-17(2)8-10-3-5-18(6-4-10)12(19)11-7-13(14,15)9-16-11;;/h10-11,16H,3-9H2,1-2H3;2*1H. The average molecular weight is 348 g/mol. The molecule has 2 heterocycles. The molecular weight excluding hydrogens is 323 g/mol. The Morgan fingerprint density at radius 3 is 2.29 bits per heavy atom. The summed E-state index contributed by atoms with van der Waals surface area (Å²) in [5.41, 5.74) is 0. The molecule has 2 rings (SSSR count). The van der Waals surface area contributed by atoms with Crippen LogP contribution in [0.15, 0.2) is 0 Å². The maximum absolute atomic E-state index is 13.1. The molecule has 2 saturated heterocycles. The lowest BCUT2D eigenvalue weighted by atomic mass is 9.96. The first-order valence-corrected chi connectivity index (χ1v) is 6.92. The molecule has 0 aliphatic carbocycles. The monoisotopic (exact) mass is 347 g/mol. The quantitative estimate of drug-likeness (QED) is 0.842. The predicted octanol–water partition coefficient (Wildman–Crippen LogP) is 1.63. The Labute approximate surface area is 137 Å². The zero-order valence-electron chi connectivity index (χ0n) is 12.5. The van der Waals surface area contributed by atoms with Gasteiger partial charge in [-0.1, -0.05) is 0 Å². The summed E-state index contributed by atoms with van der Waals surface area (Å²) in [6, 6.07) is -0.694. The van der Waals surface area contributed by atoms with Gasteiger partial charge in [0.15, 0.2) is 0 Å². The molecule has 8 heteroatoms. The number of carbonyl (C=O) groups is 1. The topological polar surface area (TPSA) is 35.6 Å². The van der Waals surface area contributed by atoms with Crippen LogP contribution in [-0.2, 0) is 4.79 Å². The highest BCUT2D eigenvalue weighted by molar-refractivity contribution is 5.85. The second-order valence-electron chi connectivity index (χ2n) is 6.02.